The molecule has 0 radical (unpaired) electrons. The van der Waals surface area contributed by atoms with Crippen molar-refractivity contribution < 1.29 is 4.74 Å². The maximum atomic E-state index is 6.12. The first-order valence-electron chi connectivity index (χ1n) is 6.83. The molecule has 1 aromatic heterocycles. The number of aryl methyl sites for hydroxylation is 2. The van der Waals surface area contributed by atoms with E-state index in [1.54, 1.807) is 0 Å². The van der Waals surface area contributed by atoms with Gasteiger partial charge < -0.3 is 10.1 Å². The number of hydrogen-bond donors (Lipinski definition) is 1. The average molecular weight is 253 g/mol. The molecule has 0 saturated heterocycles. The molecule has 0 aromatic carbocycles. The first-order chi connectivity index (χ1) is 8.41. The lowest BCUT2D eigenvalue weighted by Gasteiger charge is -2.25. The highest BCUT2D eigenvalue weighted by atomic mass is 16.5. The van der Waals surface area contributed by atoms with Crippen LogP contribution in [-0.2, 0) is 13.6 Å². The van der Waals surface area contributed by atoms with Gasteiger partial charge in [-0.15, -0.1) is 0 Å². The van der Waals surface area contributed by atoms with Crippen molar-refractivity contribution in [1.29, 1.82) is 0 Å². The summed E-state index contributed by atoms with van der Waals surface area (Å²) in [5, 5.41) is 7.88. The Bertz CT molecular complexity index is 383. The second-order valence-corrected chi connectivity index (χ2v) is 5.38. The fourth-order valence-corrected chi connectivity index (χ4v) is 1.74. The van der Waals surface area contributed by atoms with Crippen LogP contribution in [0.5, 0.6) is 5.88 Å². The quantitative estimate of drug-likeness (QED) is 0.759. The summed E-state index contributed by atoms with van der Waals surface area (Å²) in [6.07, 6.45) is 2.11. The predicted octanol–water partition coefficient (Wildman–Crippen LogP) is 2.80. The van der Waals surface area contributed by atoms with Crippen molar-refractivity contribution in [2.45, 2.75) is 59.6 Å². The molecule has 0 aliphatic heterocycles. The second kappa shape index (κ2) is 6.23. The Morgan fingerprint density at radius 2 is 2.00 bits per heavy atom. The Hall–Kier alpha value is -1.03. The van der Waals surface area contributed by atoms with Crippen LogP contribution in [-0.4, -0.2) is 21.9 Å². The lowest BCUT2D eigenvalue weighted by Crippen LogP contribution is -2.28. The van der Waals surface area contributed by atoms with E-state index in [1.165, 1.54) is 5.56 Å². The number of nitrogens with one attached hydrogen (secondary N) is 1. The van der Waals surface area contributed by atoms with Gasteiger partial charge in [0, 0.05) is 13.6 Å². The molecule has 18 heavy (non-hydrogen) atoms. The van der Waals surface area contributed by atoms with Crippen LogP contribution in [0.3, 0.4) is 0 Å². The SMILES string of the molecule is CCCNCc1c(C)nn(C)c1OC(C)(C)CC. The molecular formula is C14H27N3O. The van der Waals surface area contributed by atoms with Gasteiger partial charge in [0.05, 0.1) is 11.3 Å². The zero-order valence-electron chi connectivity index (χ0n) is 12.6. The van der Waals surface area contributed by atoms with Gasteiger partial charge in [0.2, 0.25) is 5.88 Å². The smallest absolute Gasteiger partial charge is 0.216 e. The molecule has 4 nitrogen and oxygen atoms in total. The minimum atomic E-state index is -0.153. The molecule has 0 amide bonds. The number of nitrogens with zero attached hydrogens (tertiary/aromatic N) is 2. The third kappa shape index (κ3) is 3.73. The van der Waals surface area contributed by atoms with Crippen LogP contribution in [0.15, 0.2) is 0 Å². The molecule has 0 aliphatic rings. The number of rotatable bonds is 7. The van der Waals surface area contributed by atoms with Crippen molar-refractivity contribution in [3.63, 3.8) is 0 Å². The van der Waals surface area contributed by atoms with Crippen molar-refractivity contribution in [2.24, 2.45) is 7.05 Å². The van der Waals surface area contributed by atoms with E-state index in [1.807, 2.05) is 18.7 Å². The second-order valence-electron chi connectivity index (χ2n) is 5.38. The zero-order chi connectivity index (χ0) is 13.8. The van der Waals surface area contributed by atoms with Crippen molar-refractivity contribution >= 4 is 0 Å². The molecule has 4 heteroatoms. The Morgan fingerprint density at radius 1 is 1.33 bits per heavy atom. The molecule has 0 spiro atoms. The van der Waals surface area contributed by atoms with Crippen molar-refractivity contribution in [1.82, 2.24) is 15.1 Å². The van der Waals surface area contributed by atoms with Gasteiger partial charge in [-0.3, -0.25) is 0 Å². The summed E-state index contributed by atoms with van der Waals surface area (Å²) >= 11 is 0. The summed E-state index contributed by atoms with van der Waals surface area (Å²) in [6, 6.07) is 0. The van der Waals surface area contributed by atoms with E-state index in [4.69, 9.17) is 4.74 Å². The highest BCUT2D eigenvalue weighted by Crippen LogP contribution is 2.26. The van der Waals surface area contributed by atoms with Crippen LogP contribution < -0.4 is 10.1 Å². The largest absolute Gasteiger partial charge is 0.472 e. The van der Waals surface area contributed by atoms with Crippen LogP contribution in [0, 0.1) is 6.92 Å². The number of hydrogen-bond acceptors (Lipinski definition) is 3. The normalized spacial score (nSPS) is 11.9. The number of aromatic nitrogens is 2. The molecule has 0 aliphatic carbocycles. The van der Waals surface area contributed by atoms with Crippen LogP contribution in [0.4, 0.5) is 0 Å². The molecule has 0 unspecified atom stereocenters. The van der Waals surface area contributed by atoms with Gasteiger partial charge in [0.15, 0.2) is 0 Å². The maximum absolute atomic E-state index is 6.12. The van der Waals surface area contributed by atoms with E-state index in [0.29, 0.717) is 0 Å². The third-order valence-corrected chi connectivity index (χ3v) is 3.24. The van der Waals surface area contributed by atoms with Gasteiger partial charge in [-0.25, -0.2) is 4.68 Å². The van der Waals surface area contributed by atoms with E-state index in [-0.39, 0.29) is 5.60 Å². The Kier molecular flexibility index (Phi) is 5.20. The van der Waals surface area contributed by atoms with E-state index in [0.717, 1.165) is 37.5 Å². The van der Waals surface area contributed by atoms with E-state index in [2.05, 4.69) is 38.1 Å². The topological polar surface area (TPSA) is 39.1 Å². The molecule has 1 N–H and O–H groups in total. The van der Waals surface area contributed by atoms with Crippen LogP contribution in [0.25, 0.3) is 0 Å². The van der Waals surface area contributed by atoms with E-state index < -0.39 is 0 Å². The summed E-state index contributed by atoms with van der Waals surface area (Å²) in [5.41, 5.74) is 2.07. The zero-order valence-corrected chi connectivity index (χ0v) is 12.6. The van der Waals surface area contributed by atoms with E-state index in [9.17, 15) is 0 Å². The van der Waals surface area contributed by atoms with Crippen LogP contribution >= 0.6 is 0 Å². The highest BCUT2D eigenvalue weighted by molar-refractivity contribution is 5.31. The summed E-state index contributed by atoms with van der Waals surface area (Å²) in [6.45, 7) is 12.4. The molecule has 0 bridgehead atoms. The molecule has 1 heterocycles. The minimum Gasteiger partial charge on any atom is -0.472 e. The molecule has 104 valence electrons. The fraction of sp³-hybridized carbons (Fsp3) is 0.786. The lowest BCUT2D eigenvalue weighted by molar-refractivity contribution is 0.0917. The van der Waals surface area contributed by atoms with Crippen LogP contribution in [0.2, 0.25) is 0 Å². The molecule has 0 atom stereocenters. The molecular weight excluding hydrogens is 226 g/mol. The molecule has 1 rings (SSSR count). The Labute approximate surface area is 111 Å². The van der Waals surface area contributed by atoms with Gasteiger partial charge >= 0.3 is 0 Å². The van der Waals surface area contributed by atoms with Gasteiger partial charge in [0.1, 0.15) is 5.60 Å². The standard InChI is InChI=1S/C14H27N3O/c1-7-9-15-10-12-11(3)16-17(6)13(12)18-14(4,5)8-2/h15H,7-10H2,1-6H3. The highest BCUT2D eigenvalue weighted by Gasteiger charge is 2.22. The lowest BCUT2D eigenvalue weighted by atomic mass is 10.1. The van der Waals surface area contributed by atoms with Crippen molar-refractivity contribution in [2.75, 3.05) is 6.54 Å². The van der Waals surface area contributed by atoms with Crippen molar-refractivity contribution in [3.8, 4) is 5.88 Å². The molecule has 0 fully saturated rings. The van der Waals surface area contributed by atoms with Crippen LogP contribution in [0.1, 0.15) is 51.8 Å². The maximum Gasteiger partial charge on any atom is 0.216 e. The van der Waals surface area contributed by atoms with Gasteiger partial charge in [0.25, 0.3) is 0 Å². The number of ether oxygens (including phenoxy) is 1. The van der Waals surface area contributed by atoms with Gasteiger partial charge in [-0.1, -0.05) is 13.8 Å². The van der Waals surface area contributed by atoms with Gasteiger partial charge in [-0.2, -0.15) is 5.10 Å². The summed E-state index contributed by atoms with van der Waals surface area (Å²) < 4.78 is 7.97. The summed E-state index contributed by atoms with van der Waals surface area (Å²) in [7, 11) is 1.94. The van der Waals surface area contributed by atoms with Crippen molar-refractivity contribution in [3.05, 3.63) is 11.3 Å². The van der Waals surface area contributed by atoms with Gasteiger partial charge in [-0.05, 0) is 40.2 Å². The third-order valence-electron chi connectivity index (χ3n) is 3.24. The Morgan fingerprint density at radius 3 is 2.56 bits per heavy atom. The first-order valence-corrected chi connectivity index (χ1v) is 6.83. The predicted molar refractivity (Wildman–Crippen MR) is 74.9 cm³/mol. The molecule has 1 aromatic rings. The van der Waals surface area contributed by atoms with E-state index >= 15 is 0 Å². The average Bonchev–Trinajstić information content (AvgIpc) is 2.56. The summed E-state index contributed by atoms with van der Waals surface area (Å²) in [4.78, 5) is 0. The fourth-order valence-electron chi connectivity index (χ4n) is 1.74. The minimum absolute atomic E-state index is 0.153. The first kappa shape index (κ1) is 15.0. The summed E-state index contributed by atoms with van der Waals surface area (Å²) in [5.74, 6) is 0.892. The molecule has 0 saturated carbocycles. The Balaban J connectivity index is 2.88. The monoisotopic (exact) mass is 253 g/mol.